The summed E-state index contributed by atoms with van der Waals surface area (Å²) in [6.45, 7) is 7.41. The van der Waals surface area contributed by atoms with E-state index in [4.69, 9.17) is 4.52 Å². The number of anilines is 1. The van der Waals surface area contributed by atoms with Crippen LogP contribution in [0.25, 0.3) is 5.78 Å². The molecule has 8 nitrogen and oxygen atoms in total. The van der Waals surface area contributed by atoms with Gasteiger partial charge in [-0.3, -0.25) is 10.1 Å². The quantitative estimate of drug-likeness (QED) is 0.731. The Morgan fingerprint density at radius 3 is 2.74 bits per heavy atom. The van der Waals surface area contributed by atoms with Gasteiger partial charge in [-0.05, 0) is 33.8 Å². The third-order valence-corrected chi connectivity index (χ3v) is 4.08. The number of aryl methyl sites for hydroxylation is 3. The van der Waals surface area contributed by atoms with Crippen LogP contribution in [0.2, 0.25) is 0 Å². The van der Waals surface area contributed by atoms with Crippen LogP contribution in [-0.2, 0) is 4.79 Å². The molecule has 3 heterocycles. The monoisotopic (exact) mass is 332 g/mol. The molecule has 1 amide bonds. The Morgan fingerprint density at radius 1 is 1.26 bits per heavy atom. The number of rotatable bonds is 4. The molecule has 0 fully saturated rings. The third kappa shape index (κ3) is 3.34. The number of thioether (sulfide) groups is 1. The molecule has 0 aliphatic rings. The van der Waals surface area contributed by atoms with Gasteiger partial charge in [0.15, 0.2) is 0 Å². The van der Waals surface area contributed by atoms with Crippen molar-refractivity contribution in [3.05, 3.63) is 29.2 Å². The zero-order chi connectivity index (χ0) is 16.6. The van der Waals surface area contributed by atoms with Crippen molar-refractivity contribution in [1.29, 1.82) is 0 Å². The van der Waals surface area contributed by atoms with Gasteiger partial charge in [-0.25, -0.2) is 9.50 Å². The standard InChI is InChI=1S/C14H16N6O2S/c1-7-5-9(3)20-13(15-7)17-14(18-20)23-10(4)12(21)16-11-6-8(2)19-22-11/h5-6,10H,1-4H3,(H,16,21)/t10-/m1/s1. The molecular formula is C14H16N6O2S. The van der Waals surface area contributed by atoms with E-state index in [1.807, 2.05) is 19.9 Å². The fraction of sp³-hybridized carbons (Fsp3) is 0.357. The molecule has 0 spiro atoms. The summed E-state index contributed by atoms with van der Waals surface area (Å²) in [6.07, 6.45) is 0. The molecule has 3 aromatic heterocycles. The minimum Gasteiger partial charge on any atom is -0.338 e. The number of amides is 1. The van der Waals surface area contributed by atoms with Gasteiger partial charge >= 0.3 is 0 Å². The van der Waals surface area contributed by atoms with E-state index in [1.165, 1.54) is 11.8 Å². The number of carbonyl (C=O) groups is 1. The van der Waals surface area contributed by atoms with E-state index in [9.17, 15) is 4.79 Å². The predicted molar refractivity (Wildman–Crippen MR) is 85.4 cm³/mol. The summed E-state index contributed by atoms with van der Waals surface area (Å²) in [5.41, 5.74) is 2.53. The number of fused-ring (bicyclic) bond motifs is 1. The zero-order valence-electron chi connectivity index (χ0n) is 13.2. The highest BCUT2D eigenvalue weighted by Gasteiger charge is 2.19. The molecule has 0 aromatic carbocycles. The molecule has 23 heavy (non-hydrogen) atoms. The molecule has 9 heteroatoms. The first-order valence-electron chi connectivity index (χ1n) is 7.04. The molecule has 0 unspecified atom stereocenters. The molecule has 0 bridgehead atoms. The summed E-state index contributed by atoms with van der Waals surface area (Å²) in [7, 11) is 0. The largest absolute Gasteiger partial charge is 0.338 e. The van der Waals surface area contributed by atoms with Crippen LogP contribution < -0.4 is 5.32 Å². The molecule has 0 saturated carbocycles. The lowest BCUT2D eigenvalue weighted by atomic mass is 10.4. The van der Waals surface area contributed by atoms with Crippen LogP contribution in [-0.4, -0.2) is 35.9 Å². The fourth-order valence-electron chi connectivity index (χ4n) is 2.06. The second-order valence-electron chi connectivity index (χ2n) is 5.23. The van der Waals surface area contributed by atoms with Crippen molar-refractivity contribution in [2.45, 2.75) is 38.1 Å². The van der Waals surface area contributed by atoms with Crippen molar-refractivity contribution in [3.8, 4) is 0 Å². The van der Waals surface area contributed by atoms with Crippen LogP contribution in [0.4, 0.5) is 5.88 Å². The van der Waals surface area contributed by atoms with Gasteiger partial charge in [0, 0.05) is 17.5 Å². The molecule has 3 rings (SSSR count). The van der Waals surface area contributed by atoms with E-state index in [2.05, 4.69) is 25.5 Å². The minimum absolute atomic E-state index is 0.203. The molecule has 1 atom stereocenters. The summed E-state index contributed by atoms with van der Waals surface area (Å²) in [4.78, 5) is 20.9. The first kappa shape index (κ1) is 15.5. The number of hydrogen-bond acceptors (Lipinski definition) is 7. The summed E-state index contributed by atoms with van der Waals surface area (Å²) < 4.78 is 6.64. The van der Waals surface area contributed by atoms with E-state index in [-0.39, 0.29) is 11.2 Å². The van der Waals surface area contributed by atoms with Crippen molar-refractivity contribution >= 4 is 29.3 Å². The van der Waals surface area contributed by atoms with Crippen LogP contribution in [0.5, 0.6) is 0 Å². The summed E-state index contributed by atoms with van der Waals surface area (Å²) in [5, 5.41) is 10.9. The van der Waals surface area contributed by atoms with Crippen LogP contribution in [0, 0.1) is 20.8 Å². The number of aromatic nitrogens is 5. The van der Waals surface area contributed by atoms with Crippen molar-refractivity contribution in [1.82, 2.24) is 24.7 Å². The first-order chi connectivity index (χ1) is 10.9. The van der Waals surface area contributed by atoms with Gasteiger partial charge in [0.2, 0.25) is 16.9 Å². The Hall–Kier alpha value is -2.42. The number of hydrogen-bond donors (Lipinski definition) is 1. The summed E-state index contributed by atoms with van der Waals surface area (Å²) in [6, 6.07) is 3.59. The second kappa shape index (κ2) is 5.99. The maximum absolute atomic E-state index is 12.2. The lowest BCUT2D eigenvalue weighted by molar-refractivity contribution is -0.115. The maximum Gasteiger partial charge on any atom is 0.253 e. The van der Waals surface area contributed by atoms with Crippen LogP contribution in [0.1, 0.15) is 24.0 Å². The lowest BCUT2D eigenvalue weighted by Crippen LogP contribution is -2.22. The number of nitrogens with one attached hydrogen (secondary N) is 1. The molecule has 1 N–H and O–H groups in total. The Labute approximate surface area is 136 Å². The highest BCUT2D eigenvalue weighted by Crippen LogP contribution is 2.22. The maximum atomic E-state index is 12.2. The Kier molecular flexibility index (Phi) is 4.03. The van der Waals surface area contributed by atoms with Gasteiger partial charge in [0.05, 0.1) is 10.9 Å². The molecule has 0 aliphatic heterocycles. The summed E-state index contributed by atoms with van der Waals surface area (Å²) >= 11 is 1.26. The molecule has 3 aromatic rings. The smallest absolute Gasteiger partial charge is 0.253 e. The van der Waals surface area contributed by atoms with Crippen LogP contribution in [0.3, 0.4) is 0 Å². The predicted octanol–water partition coefficient (Wildman–Crippen LogP) is 2.16. The van der Waals surface area contributed by atoms with Crippen molar-refractivity contribution in [2.75, 3.05) is 5.32 Å². The third-order valence-electron chi connectivity index (χ3n) is 3.12. The lowest BCUT2D eigenvalue weighted by Gasteiger charge is -2.07. The highest BCUT2D eigenvalue weighted by atomic mass is 32.2. The average molecular weight is 332 g/mol. The molecule has 0 aliphatic carbocycles. The van der Waals surface area contributed by atoms with Gasteiger partial charge in [0.25, 0.3) is 5.78 Å². The number of nitrogens with zero attached hydrogens (tertiary/aromatic N) is 5. The highest BCUT2D eigenvalue weighted by molar-refractivity contribution is 8.00. The zero-order valence-corrected chi connectivity index (χ0v) is 14.0. The SMILES string of the molecule is Cc1cc(NC(=O)[C@@H](C)Sc2nc3nc(C)cc(C)n3n2)on1. The normalized spacial score (nSPS) is 12.5. The van der Waals surface area contributed by atoms with Gasteiger partial charge in [-0.1, -0.05) is 16.9 Å². The van der Waals surface area contributed by atoms with Gasteiger partial charge in [-0.15, -0.1) is 5.10 Å². The van der Waals surface area contributed by atoms with Gasteiger partial charge in [-0.2, -0.15) is 4.98 Å². The van der Waals surface area contributed by atoms with E-state index in [0.29, 0.717) is 22.5 Å². The minimum atomic E-state index is -0.390. The van der Waals surface area contributed by atoms with Crippen molar-refractivity contribution < 1.29 is 9.32 Å². The molecule has 0 saturated heterocycles. The second-order valence-corrected chi connectivity index (χ2v) is 6.53. The van der Waals surface area contributed by atoms with Gasteiger partial charge < -0.3 is 4.52 Å². The van der Waals surface area contributed by atoms with Crippen molar-refractivity contribution in [2.24, 2.45) is 0 Å². The van der Waals surface area contributed by atoms with Crippen molar-refractivity contribution in [3.63, 3.8) is 0 Å². The van der Waals surface area contributed by atoms with Crippen LogP contribution >= 0.6 is 11.8 Å². The first-order valence-corrected chi connectivity index (χ1v) is 7.92. The van der Waals surface area contributed by atoms with Crippen LogP contribution in [0.15, 0.2) is 21.8 Å². The number of carbonyl (C=O) groups excluding carboxylic acids is 1. The molecule has 0 radical (unpaired) electrons. The Balaban J connectivity index is 1.73. The average Bonchev–Trinajstić information content (AvgIpc) is 3.05. The van der Waals surface area contributed by atoms with Gasteiger partial charge in [0.1, 0.15) is 0 Å². The fourth-order valence-corrected chi connectivity index (χ4v) is 2.80. The Morgan fingerprint density at radius 2 is 2.04 bits per heavy atom. The van der Waals surface area contributed by atoms with E-state index < -0.39 is 0 Å². The summed E-state index contributed by atoms with van der Waals surface area (Å²) in [5.74, 6) is 0.658. The topological polar surface area (TPSA) is 98.2 Å². The van der Waals surface area contributed by atoms with E-state index >= 15 is 0 Å². The Bertz CT molecular complexity index is 871. The van der Waals surface area contributed by atoms with E-state index in [0.717, 1.165) is 11.4 Å². The molecular weight excluding hydrogens is 316 g/mol. The molecule has 120 valence electrons. The van der Waals surface area contributed by atoms with E-state index in [1.54, 1.807) is 24.4 Å².